The molecule has 0 amide bonds. The highest BCUT2D eigenvalue weighted by Crippen LogP contribution is 2.17. The van der Waals surface area contributed by atoms with Crippen molar-refractivity contribution < 1.29 is 9.53 Å². The predicted molar refractivity (Wildman–Crippen MR) is 64.0 cm³/mol. The molecule has 0 radical (unpaired) electrons. The van der Waals surface area contributed by atoms with Gasteiger partial charge >= 0.3 is 0 Å². The van der Waals surface area contributed by atoms with Crippen molar-refractivity contribution in [3.63, 3.8) is 0 Å². The van der Waals surface area contributed by atoms with E-state index in [2.05, 4.69) is 0 Å². The number of ether oxygens (including phenoxy) is 1. The molecule has 0 aliphatic heterocycles. The Morgan fingerprint density at radius 1 is 1.38 bits per heavy atom. The van der Waals surface area contributed by atoms with Gasteiger partial charge < -0.3 is 10.5 Å². The molecule has 0 heterocycles. The molecule has 0 spiro atoms. The number of benzene rings is 1. The van der Waals surface area contributed by atoms with Crippen molar-refractivity contribution in [1.82, 2.24) is 0 Å². The van der Waals surface area contributed by atoms with Crippen LogP contribution in [0.1, 0.15) is 24.9 Å². The fourth-order valence-corrected chi connectivity index (χ4v) is 1.57. The predicted octanol–water partition coefficient (Wildman–Crippen LogP) is 1.93. The van der Waals surface area contributed by atoms with Gasteiger partial charge in [0.1, 0.15) is 0 Å². The molecule has 1 aromatic rings. The number of Topliss-reactive ketones (excluding diaryl/α,β-unsaturated/α-hetero) is 1. The highest BCUT2D eigenvalue weighted by atomic mass is 16.5. The van der Waals surface area contributed by atoms with Crippen LogP contribution in [0, 0.1) is 5.92 Å². The smallest absolute Gasteiger partial charge is 0.156 e. The second-order valence-corrected chi connectivity index (χ2v) is 3.97. The molecule has 1 aromatic carbocycles. The van der Waals surface area contributed by atoms with E-state index in [4.69, 9.17) is 10.5 Å². The molecule has 3 heteroatoms. The summed E-state index contributed by atoms with van der Waals surface area (Å²) in [6.07, 6.45) is 0.718. The number of ketones is 1. The molecule has 0 aliphatic rings. The van der Waals surface area contributed by atoms with Gasteiger partial charge in [0.2, 0.25) is 0 Å². The van der Waals surface area contributed by atoms with Crippen molar-refractivity contribution >= 4 is 5.78 Å². The first-order chi connectivity index (χ1) is 7.66. The Morgan fingerprint density at radius 2 is 2.00 bits per heavy atom. The number of hydrogen-bond acceptors (Lipinski definition) is 3. The second-order valence-electron chi connectivity index (χ2n) is 3.97. The summed E-state index contributed by atoms with van der Waals surface area (Å²) in [6.45, 7) is 2.48. The Hall–Kier alpha value is -1.19. The van der Waals surface area contributed by atoms with Gasteiger partial charge in [-0.2, -0.15) is 0 Å². The van der Waals surface area contributed by atoms with Gasteiger partial charge in [0.15, 0.2) is 5.78 Å². The topological polar surface area (TPSA) is 52.3 Å². The third-order valence-corrected chi connectivity index (χ3v) is 2.71. The Balaban J connectivity index is 2.60. The summed E-state index contributed by atoms with van der Waals surface area (Å²) in [5.41, 5.74) is 6.79. The van der Waals surface area contributed by atoms with E-state index in [-0.39, 0.29) is 11.7 Å². The third kappa shape index (κ3) is 3.43. The lowest BCUT2D eigenvalue weighted by molar-refractivity contribution is -0.124. The van der Waals surface area contributed by atoms with Crippen molar-refractivity contribution in [2.24, 2.45) is 11.7 Å². The normalized spacial score (nSPS) is 14.4. The lowest BCUT2D eigenvalue weighted by Gasteiger charge is -2.16. The molecule has 2 N–H and O–H groups in total. The van der Waals surface area contributed by atoms with Gasteiger partial charge in [0, 0.05) is 19.6 Å². The number of carbonyl (C=O) groups excluding carboxylic acids is 1. The lowest BCUT2D eigenvalue weighted by atomic mass is 9.93. The van der Waals surface area contributed by atoms with Crippen molar-refractivity contribution in [3.05, 3.63) is 35.9 Å². The standard InChI is InChI=1S/C13H19NO2/c1-10(8-9-16-2)13(15)12(14)11-6-4-3-5-7-11/h3-7,10,12H,8-9,14H2,1-2H3. The lowest BCUT2D eigenvalue weighted by Crippen LogP contribution is -2.27. The Bertz CT molecular complexity index is 324. The summed E-state index contributed by atoms with van der Waals surface area (Å²) in [5, 5.41) is 0. The Labute approximate surface area is 96.6 Å². The van der Waals surface area contributed by atoms with Crippen LogP contribution in [-0.4, -0.2) is 19.5 Å². The first kappa shape index (κ1) is 12.9. The number of hydrogen-bond donors (Lipinski definition) is 1. The fourth-order valence-electron chi connectivity index (χ4n) is 1.57. The quantitative estimate of drug-likeness (QED) is 0.798. The zero-order valence-electron chi connectivity index (χ0n) is 9.85. The first-order valence-electron chi connectivity index (χ1n) is 5.50. The molecule has 0 aliphatic carbocycles. The Morgan fingerprint density at radius 3 is 2.56 bits per heavy atom. The van der Waals surface area contributed by atoms with Crippen LogP contribution < -0.4 is 5.73 Å². The molecule has 0 bridgehead atoms. The monoisotopic (exact) mass is 221 g/mol. The fraction of sp³-hybridized carbons (Fsp3) is 0.462. The van der Waals surface area contributed by atoms with Crippen LogP contribution >= 0.6 is 0 Å². The number of methoxy groups -OCH3 is 1. The maximum Gasteiger partial charge on any atom is 0.156 e. The number of nitrogens with two attached hydrogens (primary N) is 1. The van der Waals surface area contributed by atoms with Crippen LogP contribution in [0.15, 0.2) is 30.3 Å². The summed E-state index contributed by atoms with van der Waals surface area (Å²) >= 11 is 0. The van der Waals surface area contributed by atoms with Crippen LogP contribution in [-0.2, 0) is 9.53 Å². The molecule has 3 nitrogen and oxygen atoms in total. The van der Waals surface area contributed by atoms with Crippen molar-refractivity contribution in [3.8, 4) is 0 Å². The van der Waals surface area contributed by atoms with E-state index in [1.165, 1.54) is 0 Å². The van der Waals surface area contributed by atoms with Gasteiger partial charge in [-0.3, -0.25) is 4.79 Å². The van der Waals surface area contributed by atoms with Crippen LogP contribution in [0.3, 0.4) is 0 Å². The largest absolute Gasteiger partial charge is 0.385 e. The van der Waals surface area contributed by atoms with E-state index >= 15 is 0 Å². The molecule has 0 fully saturated rings. The molecule has 16 heavy (non-hydrogen) atoms. The van der Waals surface area contributed by atoms with Crippen molar-refractivity contribution in [1.29, 1.82) is 0 Å². The minimum atomic E-state index is -0.520. The molecule has 88 valence electrons. The zero-order chi connectivity index (χ0) is 12.0. The van der Waals surface area contributed by atoms with Crippen LogP contribution in [0.5, 0.6) is 0 Å². The maximum atomic E-state index is 12.0. The van der Waals surface area contributed by atoms with Crippen LogP contribution in [0.2, 0.25) is 0 Å². The number of rotatable bonds is 6. The van der Waals surface area contributed by atoms with E-state index in [9.17, 15) is 4.79 Å². The van der Waals surface area contributed by atoms with E-state index in [0.29, 0.717) is 6.61 Å². The maximum absolute atomic E-state index is 12.0. The van der Waals surface area contributed by atoms with Gasteiger partial charge in [0.05, 0.1) is 6.04 Å². The average molecular weight is 221 g/mol. The molecule has 1 rings (SSSR count). The Kier molecular flexibility index (Phi) is 5.15. The van der Waals surface area contributed by atoms with Gasteiger partial charge in [-0.15, -0.1) is 0 Å². The van der Waals surface area contributed by atoms with E-state index in [1.54, 1.807) is 7.11 Å². The summed E-state index contributed by atoms with van der Waals surface area (Å²) in [6, 6.07) is 8.93. The zero-order valence-corrected chi connectivity index (χ0v) is 9.85. The molecule has 2 atom stereocenters. The number of carbonyl (C=O) groups is 1. The van der Waals surface area contributed by atoms with Gasteiger partial charge in [-0.25, -0.2) is 0 Å². The molecule has 2 unspecified atom stereocenters. The van der Waals surface area contributed by atoms with Gasteiger partial charge in [0.25, 0.3) is 0 Å². The SMILES string of the molecule is COCCC(C)C(=O)C(N)c1ccccc1. The minimum absolute atomic E-state index is 0.0600. The van der Waals surface area contributed by atoms with Crippen LogP contribution in [0.4, 0.5) is 0 Å². The summed E-state index contributed by atoms with van der Waals surface area (Å²) in [4.78, 5) is 12.0. The minimum Gasteiger partial charge on any atom is -0.385 e. The molecular formula is C13H19NO2. The van der Waals surface area contributed by atoms with E-state index in [1.807, 2.05) is 37.3 Å². The molecule has 0 saturated heterocycles. The third-order valence-electron chi connectivity index (χ3n) is 2.71. The summed E-state index contributed by atoms with van der Waals surface area (Å²) in [5.74, 6) is 0.0124. The molecule has 0 saturated carbocycles. The summed E-state index contributed by atoms with van der Waals surface area (Å²) in [7, 11) is 1.63. The second kappa shape index (κ2) is 6.40. The molecular weight excluding hydrogens is 202 g/mol. The highest BCUT2D eigenvalue weighted by Gasteiger charge is 2.21. The molecule has 0 aromatic heterocycles. The van der Waals surface area contributed by atoms with Crippen LogP contribution in [0.25, 0.3) is 0 Å². The van der Waals surface area contributed by atoms with Gasteiger partial charge in [-0.1, -0.05) is 37.3 Å². The first-order valence-corrected chi connectivity index (χ1v) is 5.50. The summed E-state index contributed by atoms with van der Waals surface area (Å²) < 4.78 is 4.96. The van der Waals surface area contributed by atoms with E-state index < -0.39 is 6.04 Å². The average Bonchev–Trinajstić information content (AvgIpc) is 2.35. The van der Waals surface area contributed by atoms with Gasteiger partial charge in [-0.05, 0) is 12.0 Å². The van der Waals surface area contributed by atoms with E-state index in [0.717, 1.165) is 12.0 Å². The van der Waals surface area contributed by atoms with Crippen molar-refractivity contribution in [2.45, 2.75) is 19.4 Å². The van der Waals surface area contributed by atoms with Crippen molar-refractivity contribution in [2.75, 3.05) is 13.7 Å². The highest BCUT2D eigenvalue weighted by molar-refractivity contribution is 5.86.